The van der Waals surface area contributed by atoms with Crippen LogP contribution in [0.4, 0.5) is 5.69 Å². The molecule has 0 aliphatic heterocycles. The lowest BCUT2D eigenvalue weighted by molar-refractivity contribution is -0.140. The topological polar surface area (TPSA) is 86.8 Å². The zero-order valence-electron chi connectivity index (χ0n) is 20.4. The van der Waals surface area contributed by atoms with Crippen molar-refractivity contribution in [1.29, 1.82) is 0 Å². The molecule has 0 radical (unpaired) electrons. The van der Waals surface area contributed by atoms with E-state index in [1.807, 2.05) is 52.0 Å². The number of halogens is 1. The summed E-state index contributed by atoms with van der Waals surface area (Å²) in [5.41, 5.74) is 2.28. The SMILES string of the molecule is CC[C@H](C(=O)NCC(C)C)N(Cc1ccccc1C)C(=O)CN(c1ccc(Br)cc1)S(C)(=O)=O. The first-order valence-corrected chi connectivity index (χ1v) is 13.9. The molecule has 0 aliphatic rings. The third-order valence-electron chi connectivity index (χ3n) is 5.47. The summed E-state index contributed by atoms with van der Waals surface area (Å²) in [7, 11) is -3.74. The van der Waals surface area contributed by atoms with Crippen molar-refractivity contribution < 1.29 is 18.0 Å². The number of nitrogens with zero attached hydrogens (tertiary/aromatic N) is 2. The third kappa shape index (κ3) is 7.84. The molecular weight excluding hydrogens is 518 g/mol. The minimum atomic E-state index is -3.74. The predicted octanol–water partition coefficient (Wildman–Crippen LogP) is 4.10. The summed E-state index contributed by atoms with van der Waals surface area (Å²) >= 11 is 3.34. The van der Waals surface area contributed by atoms with Crippen LogP contribution in [0.1, 0.15) is 38.3 Å². The van der Waals surface area contributed by atoms with Crippen molar-refractivity contribution >= 4 is 43.5 Å². The van der Waals surface area contributed by atoms with Crippen LogP contribution >= 0.6 is 15.9 Å². The molecule has 2 amide bonds. The fraction of sp³-hybridized carbons (Fsp3) is 0.440. The monoisotopic (exact) mass is 551 g/mol. The molecule has 34 heavy (non-hydrogen) atoms. The van der Waals surface area contributed by atoms with E-state index in [2.05, 4.69) is 21.2 Å². The van der Waals surface area contributed by atoms with Crippen LogP contribution in [0.2, 0.25) is 0 Å². The van der Waals surface area contributed by atoms with E-state index in [9.17, 15) is 18.0 Å². The molecule has 0 unspecified atom stereocenters. The Balaban J connectivity index is 2.42. The summed E-state index contributed by atoms with van der Waals surface area (Å²) in [6.07, 6.45) is 1.47. The van der Waals surface area contributed by atoms with Crippen LogP contribution < -0.4 is 9.62 Å². The zero-order valence-corrected chi connectivity index (χ0v) is 22.8. The molecule has 0 saturated carbocycles. The minimum Gasteiger partial charge on any atom is -0.354 e. The Morgan fingerprint density at radius 2 is 1.68 bits per heavy atom. The number of benzene rings is 2. The molecule has 0 heterocycles. The molecule has 1 N–H and O–H groups in total. The fourth-order valence-corrected chi connectivity index (χ4v) is 4.65. The first kappa shape index (κ1) is 27.9. The molecule has 0 saturated heterocycles. The highest BCUT2D eigenvalue weighted by molar-refractivity contribution is 9.10. The Hall–Kier alpha value is -2.39. The maximum atomic E-state index is 13.6. The number of carbonyl (C=O) groups excluding carboxylic acids is 2. The van der Waals surface area contributed by atoms with Crippen molar-refractivity contribution in [1.82, 2.24) is 10.2 Å². The summed E-state index contributed by atoms with van der Waals surface area (Å²) in [4.78, 5) is 28.2. The van der Waals surface area contributed by atoms with E-state index in [4.69, 9.17) is 0 Å². The van der Waals surface area contributed by atoms with Gasteiger partial charge in [0.05, 0.1) is 11.9 Å². The molecule has 0 aliphatic carbocycles. The fourth-order valence-electron chi connectivity index (χ4n) is 3.53. The van der Waals surface area contributed by atoms with Crippen molar-refractivity contribution in [3.63, 3.8) is 0 Å². The van der Waals surface area contributed by atoms with Crippen molar-refractivity contribution in [2.75, 3.05) is 23.7 Å². The normalized spacial score (nSPS) is 12.3. The maximum absolute atomic E-state index is 13.6. The number of amides is 2. The van der Waals surface area contributed by atoms with Crippen LogP contribution in [-0.2, 0) is 26.2 Å². The van der Waals surface area contributed by atoms with Gasteiger partial charge in [0.15, 0.2) is 0 Å². The van der Waals surface area contributed by atoms with Gasteiger partial charge in [-0.2, -0.15) is 0 Å². The summed E-state index contributed by atoms with van der Waals surface area (Å²) in [5, 5.41) is 2.92. The van der Waals surface area contributed by atoms with Crippen molar-refractivity contribution in [3.05, 3.63) is 64.1 Å². The Bertz CT molecular complexity index is 1090. The van der Waals surface area contributed by atoms with Crippen LogP contribution in [0.25, 0.3) is 0 Å². The molecule has 1 atom stereocenters. The smallest absolute Gasteiger partial charge is 0.244 e. The Morgan fingerprint density at radius 1 is 1.06 bits per heavy atom. The van der Waals surface area contributed by atoms with Crippen molar-refractivity contribution in [2.24, 2.45) is 5.92 Å². The van der Waals surface area contributed by atoms with Gasteiger partial charge in [-0.25, -0.2) is 8.42 Å². The number of nitrogens with one attached hydrogen (secondary N) is 1. The average Bonchev–Trinajstić information content (AvgIpc) is 2.77. The molecule has 2 aromatic carbocycles. The Labute approximate surface area is 211 Å². The van der Waals surface area contributed by atoms with Gasteiger partial charge in [0.25, 0.3) is 0 Å². The van der Waals surface area contributed by atoms with Gasteiger partial charge in [-0.3, -0.25) is 13.9 Å². The molecule has 0 fully saturated rings. The van der Waals surface area contributed by atoms with E-state index in [0.717, 1.165) is 26.2 Å². The largest absolute Gasteiger partial charge is 0.354 e. The summed E-state index contributed by atoms with van der Waals surface area (Å²) in [5.74, 6) is -0.420. The molecule has 186 valence electrons. The maximum Gasteiger partial charge on any atom is 0.244 e. The summed E-state index contributed by atoms with van der Waals surface area (Å²) in [6.45, 7) is 8.09. The zero-order chi connectivity index (χ0) is 25.5. The Morgan fingerprint density at radius 3 is 2.21 bits per heavy atom. The highest BCUT2D eigenvalue weighted by Gasteiger charge is 2.31. The van der Waals surface area contributed by atoms with Crippen molar-refractivity contribution in [3.8, 4) is 0 Å². The van der Waals surface area contributed by atoms with E-state index < -0.39 is 28.5 Å². The van der Waals surface area contributed by atoms with E-state index in [0.29, 0.717) is 18.7 Å². The molecule has 0 bridgehead atoms. The van der Waals surface area contributed by atoms with Crippen LogP contribution in [0.15, 0.2) is 53.0 Å². The predicted molar refractivity (Wildman–Crippen MR) is 140 cm³/mol. The van der Waals surface area contributed by atoms with Gasteiger partial charge in [0.1, 0.15) is 12.6 Å². The average molecular weight is 553 g/mol. The van der Waals surface area contributed by atoms with Gasteiger partial charge >= 0.3 is 0 Å². The molecule has 0 aromatic heterocycles. The standard InChI is InChI=1S/C25H34BrN3O4S/c1-6-23(25(31)27-15-18(2)3)28(16-20-10-8-7-9-19(20)4)24(30)17-29(34(5,32)33)22-13-11-21(26)12-14-22/h7-14,18,23H,6,15-17H2,1-5H3,(H,27,31)/t23-/m1/s1. The molecular formula is C25H34BrN3O4S. The summed E-state index contributed by atoms with van der Waals surface area (Å²) in [6, 6.07) is 13.6. The Kier molecular flexibility index (Phi) is 10.1. The lowest BCUT2D eigenvalue weighted by Gasteiger charge is -2.33. The molecule has 2 aromatic rings. The second-order valence-electron chi connectivity index (χ2n) is 8.76. The number of sulfonamides is 1. The second-order valence-corrected chi connectivity index (χ2v) is 11.6. The first-order chi connectivity index (χ1) is 15.9. The van der Waals surface area contributed by atoms with Crippen LogP contribution in [0.5, 0.6) is 0 Å². The minimum absolute atomic E-state index is 0.205. The van der Waals surface area contributed by atoms with Gasteiger partial charge in [-0.1, -0.05) is 61.0 Å². The quantitative estimate of drug-likeness (QED) is 0.455. The lowest BCUT2D eigenvalue weighted by Crippen LogP contribution is -2.52. The first-order valence-electron chi connectivity index (χ1n) is 11.3. The number of hydrogen-bond donors (Lipinski definition) is 1. The van der Waals surface area contributed by atoms with Crippen LogP contribution in [-0.4, -0.2) is 50.5 Å². The van der Waals surface area contributed by atoms with E-state index in [1.165, 1.54) is 4.90 Å². The van der Waals surface area contributed by atoms with Crippen LogP contribution in [0, 0.1) is 12.8 Å². The number of rotatable bonds is 11. The van der Waals surface area contributed by atoms with E-state index >= 15 is 0 Å². The van der Waals surface area contributed by atoms with Gasteiger partial charge in [-0.05, 0) is 54.7 Å². The summed E-state index contributed by atoms with van der Waals surface area (Å²) < 4.78 is 27.1. The highest BCUT2D eigenvalue weighted by Crippen LogP contribution is 2.22. The highest BCUT2D eigenvalue weighted by atomic mass is 79.9. The number of anilines is 1. The number of hydrogen-bond acceptors (Lipinski definition) is 4. The second kappa shape index (κ2) is 12.4. The van der Waals surface area contributed by atoms with Gasteiger partial charge in [0.2, 0.25) is 21.8 Å². The number of aryl methyl sites for hydroxylation is 1. The lowest BCUT2D eigenvalue weighted by atomic mass is 10.1. The molecule has 2 rings (SSSR count). The molecule has 7 nitrogen and oxygen atoms in total. The third-order valence-corrected chi connectivity index (χ3v) is 7.14. The van der Waals surface area contributed by atoms with Crippen LogP contribution in [0.3, 0.4) is 0 Å². The van der Waals surface area contributed by atoms with E-state index in [1.54, 1.807) is 24.3 Å². The number of carbonyl (C=O) groups is 2. The van der Waals surface area contributed by atoms with Gasteiger partial charge < -0.3 is 10.2 Å². The molecule has 9 heteroatoms. The van der Waals surface area contributed by atoms with Crippen molar-refractivity contribution in [2.45, 2.75) is 46.7 Å². The van der Waals surface area contributed by atoms with E-state index in [-0.39, 0.29) is 18.4 Å². The van der Waals surface area contributed by atoms with Gasteiger partial charge in [0, 0.05) is 17.6 Å². The van der Waals surface area contributed by atoms with Gasteiger partial charge in [-0.15, -0.1) is 0 Å². The molecule has 0 spiro atoms.